The zero-order valence-electron chi connectivity index (χ0n) is 20.4. The van der Waals surface area contributed by atoms with E-state index in [4.69, 9.17) is 9.78 Å². The molecule has 0 aromatic rings. The van der Waals surface area contributed by atoms with Gasteiger partial charge >= 0.3 is 0 Å². The number of aliphatic hydroxyl groups excluding tert-OH is 1. The number of rotatable bonds is 4. The molecule has 3 nitrogen and oxygen atoms in total. The van der Waals surface area contributed by atoms with Crippen LogP contribution in [-0.4, -0.2) is 22.4 Å². The van der Waals surface area contributed by atoms with Crippen LogP contribution in [0.2, 0.25) is 0 Å². The van der Waals surface area contributed by atoms with Crippen molar-refractivity contribution in [2.45, 2.75) is 97.4 Å². The number of aliphatic hydroxyl groups is 1. The van der Waals surface area contributed by atoms with E-state index in [1.807, 2.05) is 0 Å². The van der Waals surface area contributed by atoms with E-state index < -0.39 is 11.2 Å². The Bertz CT molecular complexity index is 826. The van der Waals surface area contributed by atoms with Gasteiger partial charge in [0, 0.05) is 17.8 Å². The highest BCUT2D eigenvalue weighted by molar-refractivity contribution is 5.48. The van der Waals surface area contributed by atoms with Gasteiger partial charge in [-0.25, -0.2) is 9.78 Å². The molecule has 1 unspecified atom stereocenters. The highest BCUT2D eigenvalue weighted by Crippen LogP contribution is 2.71. The van der Waals surface area contributed by atoms with Crippen molar-refractivity contribution in [2.24, 2.45) is 40.4 Å². The molecule has 2 aliphatic heterocycles. The smallest absolute Gasteiger partial charge is 0.147 e. The average molecular weight is 427 g/mol. The molecule has 0 aromatic heterocycles. The molecule has 0 aromatic carbocycles. The predicted molar refractivity (Wildman–Crippen MR) is 124 cm³/mol. The van der Waals surface area contributed by atoms with Gasteiger partial charge in [-0.1, -0.05) is 59.8 Å². The normalized spacial score (nSPS) is 50.2. The topological polar surface area (TPSA) is 38.7 Å². The zero-order valence-corrected chi connectivity index (χ0v) is 20.4. The Morgan fingerprint density at radius 1 is 1.03 bits per heavy atom. The molecule has 3 heteroatoms. The van der Waals surface area contributed by atoms with Crippen LogP contribution in [0.3, 0.4) is 0 Å². The van der Waals surface area contributed by atoms with Crippen molar-refractivity contribution < 1.29 is 14.9 Å². The maximum absolute atomic E-state index is 10.4. The van der Waals surface area contributed by atoms with Gasteiger partial charge in [-0.2, -0.15) is 0 Å². The Hall–Kier alpha value is -0.900. The van der Waals surface area contributed by atoms with Crippen LogP contribution >= 0.6 is 0 Å². The molecule has 4 aliphatic carbocycles. The van der Waals surface area contributed by atoms with Crippen LogP contribution < -0.4 is 0 Å². The lowest BCUT2D eigenvalue weighted by Gasteiger charge is -2.66. The molecule has 0 radical (unpaired) electrons. The first-order valence-corrected chi connectivity index (χ1v) is 12.7. The molecule has 2 spiro atoms. The van der Waals surface area contributed by atoms with E-state index in [0.29, 0.717) is 36.0 Å². The minimum absolute atomic E-state index is 0.0726. The van der Waals surface area contributed by atoms with Crippen molar-refractivity contribution in [1.82, 2.24) is 0 Å². The van der Waals surface area contributed by atoms with Crippen molar-refractivity contribution in [3.63, 3.8) is 0 Å². The summed E-state index contributed by atoms with van der Waals surface area (Å²) in [4.78, 5) is 12.6. The second kappa shape index (κ2) is 7.05. The van der Waals surface area contributed by atoms with E-state index in [9.17, 15) is 5.11 Å². The molecule has 6 rings (SSSR count). The highest BCUT2D eigenvalue weighted by Gasteiger charge is 2.71. The fourth-order valence-electron chi connectivity index (χ4n) is 8.01. The van der Waals surface area contributed by atoms with E-state index >= 15 is 0 Å². The number of hydrogen-bond acceptors (Lipinski definition) is 3. The zero-order chi connectivity index (χ0) is 22.2. The minimum atomic E-state index is -0.507. The van der Waals surface area contributed by atoms with E-state index in [0.717, 1.165) is 19.3 Å². The van der Waals surface area contributed by atoms with Crippen LogP contribution in [0.1, 0.15) is 80.1 Å². The van der Waals surface area contributed by atoms with Gasteiger partial charge in [0.2, 0.25) is 0 Å². The third-order valence-electron chi connectivity index (χ3n) is 10.5. The van der Waals surface area contributed by atoms with Crippen LogP contribution in [0, 0.1) is 40.4 Å². The first kappa shape index (κ1) is 21.9. The fourth-order valence-corrected chi connectivity index (χ4v) is 8.01. The van der Waals surface area contributed by atoms with Crippen LogP contribution in [0.15, 0.2) is 36.0 Å². The molecule has 6 aliphatic rings. The first-order chi connectivity index (χ1) is 14.6. The van der Waals surface area contributed by atoms with Crippen LogP contribution in [0.25, 0.3) is 0 Å². The fraction of sp³-hybridized carbons (Fsp3) is 0.786. The maximum atomic E-state index is 10.4. The Labute approximate surface area is 188 Å². The predicted octanol–water partition coefficient (Wildman–Crippen LogP) is 6.39. The van der Waals surface area contributed by atoms with Gasteiger partial charge in [-0.15, -0.1) is 0 Å². The molecule has 2 saturated carbocycles. The van der Waals surface area contributed by atoms with E-state index in [2.05, 4.69) is 71.9 Å². The summed E-state index contributed by atoms with van der Waals surface area (Å²) < 4.78 is 0. The summed E-state index contributed by atoms with van der Waals surface area (Å²) in [6.07, 6.45) is 17.8. The van der Waals surface area contributed by atoms with E-state index in [1.165, 1.54) is 18.4 Å². The molecule has 172 valence electrons. The lowest BCUT2D eigenvalue weighted by atomic mass is 9.47. The highest BCUT2D eigenvalue weighted by atomic mass is 17.2. The van der Waals surface area contributed by atoms with Gasteiger partial charge < -0.3 is 5.11 Å². The Balaban J connectivity index is 1.48. The van der Waals surface area contributed by atoms with Gasteiger partial charge in [0.25, 0.3) is 0 Å². The summed E-state index contributed by atoms with van der Waals surface area (Å²) in [6.45, 7) is 14.2. The lowest BCUT2D eigenvalue weighted by molar-refractivity contribution is -0.455. The second-order valence-corrected chi connectivity index (χ2v) is 12.3. The SMILES string of the molecule is CC(C)[C@H](C)/C=C/[C@@H](C)C1CC[C@H]2[C@@]34C=C[C@]5(C[C@@H](O)CC[C@]5(C)C3=CC[C@]12C)OO4. The summed E-state index contributed by atoms with van der Waals surface area (Å²) >= 11 is 0. The molecule has 9 atom stereocenters. The summed E-state index contributed by atoms with van der Waals surface area (Å²) in [7, 11) is 0. The van der Waals surface area contributed by atoms with Crippen LogP contribution in [0.4, 0.5) is 0 Å². The summed E-state index contributed by atoms with van der Waals surface area (Å²) in [5.74, 6) is 2.98. The first-order valence-electron chi connectivity index (χ1n) is 12.7. The third kappa shape index (κ3) is 2.82. The van der Waals surface area contributed by atoms with E-state index in [1.54, 1.807) is 0 Å². The third-order valence-corrected chi connectivity index (χ3v) is 10.5. The second-order valence-electron chi connectivity index (χ2n) is 12.3. The minimum Gasteiger partial charge on any atom is -0.393 e. The van der Waals surface area contributed by atoms with Crippen LogP contribution in [0.5, 0.6) is 0 Å². The number of hydrogen-bond donors (Lipinski definition) is 1. The Morgan fingerprint density at radius 3 is 2.48 bits per heavy atom. The standard InChI is InChI=1S/C28H42O3/c1-18(2)19(3)7-8-20(4)22-9-10-23-25(22,5)13-12-24-26(6)14-11-21(29)17-27(26)15-16-28(23,24)31-30-27/h7-8,12,15-16,18-23,29H,9-11,13-14,17H2,1-6H3/b8-7+/t19-,20-,21+,22?,23-,25-,26-,27-,28+/m1/s1. The van der Waals surface area contributed by atoms with Crippen molar-refractivity contribution in [2.75, 3.05) is 0 Å². The van der Waals surface area contributed by atoms with Crippen LogP contribution in [-0.2, 0) is 9.78 Å². The molecule has 3 fully saturated rings. The number of allylic oxidation sites excluding steroid dienone is 3. The molecule has 2 heterocycles. The molecule has 1 saturated heterocycles. The van der Waals surface area contributed by atoms with Crippen molar-refractivity contribution in [3.05, 3.63) is 36.0 Å². The summed E-state index contributed by atoms with van der Waals surface area (Å²) in [6, 6.07) is 0. The lowest BCUT2D eigenvalue weighted by Crippen LogP contribution is -2.69. The summed E-state index contributed by atoms with van der Waals surface area (Å²) in [5.41, 5.74) is 0.656. The maximum Gasteiger partial charge on any atom is 0.147 e. The summed E-state index contributed by atoms with van der Waals surface area (Å²) in [5, 5.41) is 10.4. The largest absolute Gasteiger partial charge is 0.393 e. The van der Waals surface area contributed by atoms with Gasteiger partial charge in [0.1, 0.15) is 11.2 Å². The van der Waals surface area contributed by atoms with Gasteiger partial charge in [0.05, 0.1) is 6.10 Å². The quantitative estimate of drug-likeness (QED) is 0.418. The van der Waals surface area contributed by atoms with Gasteiger partial charge in [-0.3, -0.25) is 0 Å². The monoisotopic (exact) mass is 426 g/mol. The average Bonchev–Trinajstić information content (AvgIpc) is 3.09. The molecular formula is C28H42O3. The number of fused-ring (bicyclic) bond motifs is 2. The molecule has 2 bridgehead atoms. The Kier molecular flexibility index (Phi) is 4.98. The van der Waals surface area contributed by atoms with Crippen molar-refractivity contribution >= 4 is 0 Å². The van der Waals surface area contributed by atoms with Gasteiger partial charge in [0.15, 0.2) is 0 Å². The molecular weight excluding hydrogens is 384 g/mol. The van der Waals surface area contributed by atoms with Gasteiger partial charge in [-0.05, 0) is 78.9 Å². The molecule has 1 N–H and O–H groups in total. The Morgan fingerprint density at radius 2 is 1.81 bits per heavy atom. The molecule has 0 amide bonds. The molecule has 31 heavy (non-hydrogen) atoms. The van der Waals surface area contributed by atoms with E-state index in [-0.39, 0.29) is 16.9 Å². The van der Waals surface area contributed by atoms with Crippen molar-refractivity contribution in [1.29, 1.82) is 0 Å². The van der Waals surface area contributed by atoms with Crippen molar-refractivity contribution in [3.8, 4) is 0 Å².